The molecule has 1 nitrogen and oxygen atoms in total. The van der Waals surface area contributed by atoms with Crippen molar-refractivity contribution in [1.82, 2.24) is 5.32 Å². The number of halogens is 4. The van der Waals surface area contributed by atoms with Crippen molar-refractivity contribution in [2.75, 3.05) is 6.54 Å². The van der Waals surface area contributed by atoms with Crippen molar-refractivity contribution < 1.29 is 17.6 Å². The lowest BCUT2D eigenvalue weighted by atomic mass is 9.88. The Balaban J connectivity index is 3.20. The van der Waals surface area contributed by atoms with E-state index >= 15 is 0 Å². The van der Waals surface area contributed by atoms with E-state index in [1.807, 2.05) is 20.8 Å². The average molecular weight is 305 g/mol. The molecule has 1 atom stereocenters. The number of benzene rings is 1. The third kappa shape index (κ3) is 4.99. The zero-order valence-corrected chi connectivity index (χ0v) is 12.7. The quantitative estimate of drug-likeness (QED) is 0.672. The molecule has 0 fully saturated rings. The molecule has 0 aliphatic rings. The van der Waals surface area contributed by atoms with Crippen LogP contribution in [-0.2, 0) is 6.18 Å². The molecular weight excluding hydrogens is 282 g/mol. The Morgan fingerprint density at radius 2 is 1.71 bits per heavy atom. The molecule has 0 spiro atoms. The van der Waals surface area contributed by atoms with Gasteiger partial charge in [0.1, 0.15) is 5.82 Å². The van der Waals surface area contributed by atoms with Gasteiger partial charge in [0.05, 0.1) is 5.56 Å². The largest absolute Gasteiger partial charge is 0.416 e. The van der Waals surface area contributed by atoms with Crippen molar-refractivity contribution in [3.05, 3.63) is 35.1 Å². The monoisotopic (exact) mass is 305 g/mol. The third-order valence-electron chi connectivity index (χ3n) is 3.87. The van der Waals surface area contributed by atoms with E-state index in [2.05, 4.69) is 5.32 Å². The van der Waals surface area contributed by atoms with Gasteiger partial charge in [0.25, 0.3) is 0 Å². The Hall–Kier alpha value is -1.10. The second-order valence-corrected chi connectivity index (χ2v) is 5.26. The fourth-order valence-electron chi connectivity index (χ4n) is 2.60. The van der Waals surface area contributed by atoms with Gasteiger partial charge in [-0.1, -0.05) is 33.6 Å². The SMILES string of the molecule is CCNC(CC(CC)CC)c1cc(F)ccc1C(F)(F)F. The van der Waals surface area contributed by atoms with Gasteiger partial charge >= 0.3 is 6.18 Å². The van der Waals surface area contributed by atoms with Crippen molar-refractivity contribution in [1.29, 1.82) is 0 Å². The van der Waals surface area contributed by atoms with Crippen molar-refractivity contribution in [3.8, 4) is 0 Å². The van der Waals surface area contributed by atoms with Crippen LogP contribution in [0.4, 0.5) is 17.6 Å². The first-order valence-electron chi connectivity index (χ1n) is 7.43. The van der Waals surface area contributed by atoms with Crippen molar-refractivity contribution in [3.63, 3.8) is 0 Å². The lowest BCUT2D eigenvalue weighted by molar-refractivity contribution is -0.138. The van der Waals surface area contributed by atoms with Crippen LogP contribution in [0.2, 0.25) is 0 Å². The summed E-state index contributed by atoms with van der Waals surface area (Å²) in [7, 11) is 0. The highest BCUT2D eigenvalue weighted by atomic mass is 19.4. The minimum absolute atomic E-state index is 0.0104. The number of rotatable bonds is 7. The lowest BCUT2D eigenvalue weighted by Gasteiger charge is -2.26. The van der Waals surface area contributed by atoms with Gasteiger partial charge in [-0.05, 0) is 42.6 Å². The average Bonchev–Trinajstić information content (AvgIpc) is 2.42. The molecule has 0 aromatic heterocycles. The molecule has 21 heavy (non-hydrogen) atoms. The molecule has 0 amide bonds. The topological polar surface area (TPSA) is 12.0 Å². The molecule has 0 aliphatic heterocycles. The first-order chi connectivity index (χ1) is 9.83. The maximum absolute atomic E-state index is 13.4. The van der Waals surface area contributed by atoms with Gasteiger partial charge in [0, 0.05) is 6.04 Å². The van der Waals surface area contributed by atoms with Gasteiger partial charge < -0.3 is 5.32 Å². The summed E-state index contributed by atoms with van der Waals surface area (Å²) >= 11 is 0. The van der Waals surface area contributed by atoms with E-state index in [9.17, 15) is 17.6 Å². The zero-order chi connectivity index (χ0) is 16.0. The van der Waals surface area contributed by atoms with Gasteiger partial charge in [-0.25, -0.2) is 4.39 Å². The Kier molecular flexibility index (Phi) is 6.65. The second kappa shape index (κ2) is 7.78. The predicted octanol–water partition coefficient (Wildman–Crippen LogP) is 5.32. The maximum Gasteiger partial charge on any atom is 0.416 e. The van der Waals surface area contributed by atoms with E-state index in [-0.39, 0.29) is 5.56 Å². The summed E-state index contributed by atoms with van der Waals surface area (Å²) in [4.78, 5) is 0. The summed E-state index contributed by atoms with van der Waals surface area (Å²) < 4.78 is 52.8. The van der Waals surface area contributed by atoms with E-state index < -0.39 is 23.6 Å². The molecule has 0 aliphatic carbocycles. The summed E-state index contributed by atoms with van der Waals surface area (Å²) in [6, 6.07) is 2.24. The Labute approximate surface area is 123 Å². The van der Waals surface area contributed by atoms with E-state index in [0.29, 0.717) is 18.9 Å². The molecule has 1 unspecified atom stereocenters. The molecular formula is C16H23F4N. The van der Waals surface area contributed by atoms with Crippen LogP contribution in [0.5, 0.6) is 0 Å². The van der Waals surface area contributed by atoms with Crippen LogP contribution in [0.1, 0.15) is 57.2 Å². The van der Waals surface area contributed by atoms with E-state index in [1.54, 1.807) is 0 Å². The summed E-state index contributed by atoms with van der Waals surface area (Å²) in [6.45, 7) is 6.42. The second-order valence-electron chi connectivity index (χ2n) is 5.26. The van der Waals surface area contributed by atoms with Crippen LogP contribution < -0.4 is 5.32 Å². The zero-order valence-electron chi connectivity index (χ0n) is 12.7. The normalized spacial score (nSPS) is 13.7. The third-order valence-corrected chi connectivity index (χ3v) is 3.87. The number of alkyl halides is 3. The standard InChI is InChI=1S/C16H23F4N/c1-4-11(5-2)9-15(21-6-3)13-10-12(17)7-8-14(13)16(18,19)20/h7-8,10-11,15,21H,4-6,9H2,1-3H3. The molecule has 1 N–H and O–H groups in total. The first kappa shape index (κ1) is 18.0. The molecule has 1 rings (SSSR count). The number of nitrogens with one attached hydrogen (secondary N) is 1. The molecule has 5 heteroatoms. The molecule has 120 valence electrons. The predicted molar refractivity (Wildman–Crippen MR) is 76.5 cm³/mol. The minimum Gasteiger partial charge on any atom is -0.310 e. The van der Waals surface area contributed by atoms with Gasteiger partial charge in [-0.15, -0.1) is 0 Å². The molecule has 1 aromatic rings. The smallest absolute Gasteiger partial charge is 0.310 e. The Bertz CT molecular complexity index is 438. The van der Waals surface area contributed by atoms with Crippen LogP contribution >= 0.6 is 0 Å². The highest BCUT2D eigenvalue weighted by Crippen LogP contribution is 2.37. The van der Waals surface area contributed by atoms with Gasteiger partial charge in [0.2, 0.25) is 0 Å². The molecule has 1 aromatic carbocycles. The fraction of sp³-hybridized carbons (Fsp3) is 0.625. The Morgan fingerprint density at radius 1 is 1.10 bits per heavy atom. The minimum atomic E-state index is -4.47. The molecule has 0 saturated heterocycles. The number of hydrogen-bond acceptors (Lipinski definition) is 1. The first-order valence-corrected chi connectivity index (χ1v) is 7.43. The van der Waals surface area contributed by atoms with E-state index in [4.69, 9.17) is 0 Å². The summed E-state index contributed by atoms with van der Waals surface area (Å²) in [5, 5.41) is 3.07. The maximum atomic E-state index is 13.4. The van der Waals surface area contributed by atoms with Crippen LogP contribution in [0.3, 0.4) is 0 Å². The van der Waals surface area contributed by atoms with Crippen LogP contribution in [-0.4, -0.2) is 6.54 Å². The van der Waals surface area contributed by atoms with Gasteiger partial charge in [0.15, 0.2) is 0 Å². The van der Waals surface area contributed by atoms with Gasteiger partial charge in [-0.3, -0.25) is 0 Å². The van der Waals surface area contributed by atoms with Crippen LogP contribution in [0.15, 0.2) is 18.2 Å². The molecule has 0 radical (unpaired) electrons. The van der Waals surface area contributed by atoms with Crippen molar-refractivity contribution in [2.24, 2.45) is 5.92 Å². The van der Waals surface area contributed by atoms with Gasteiger partial charge in [-0.2, -0.15) is 13.2 Å². The molecule has 0 heterocycles. The summed E-state index contributed by atoms with van der Waals surface area (Å²) in [5.74, 6) is -0.316. The van der Waals surface area contributed by atoms with Crippen LogP contribution in [0.25, 0.3) is 0 Å². The highest BCUT2D eigenvalue weighted by molar-refractivity contribution is 5.33. The van der Waals surface area contributed by atoms with Crippen molar-refractivity contribution in [2.45, 2.75) is 52.3 Å². The van der Waals surface area contributed by atoms with E-state index in [0.717, 1.165) is 31.0 Å². The Morgan fingerprint density at radius 3 is 2.19 bits per heavy atom. The van der Waals surface area contributed by atoms with Crippen LogP contribution in [0, 0.1) is 11.7 Å². The summed E-state index contributed by atoms with van der Waals surface area (Å²) in [5.41, 5.74) is -0.739. The number of hydrogen-bond donors (Lipinski definition) is 1. The lowest BCUT2D eigenvalue weighted by Crippen LogP contribution is -2.26. The fourth-order valence-corrected chi connectivity index (χ4v) is 2.60. The van der Waals surface area contributed by atoms with Crippen molar-refractivity contribution >= 4 is 0 Å². The molecule has 0 bridgehead atoms. The molecule has 0 saturated carbocycles. The summed E-state index contributed by atoms with van der Waals surface area (Å²) in [6.07, 6.45) is -2.10. The van der Waals surface area contributed by atoms with E-state index in [1.165, 1.54) is 0 Å². The highest BCUT2D eigenvalue weighted by Gasteiger charge is 2.35.